The van der Waals surface area contributed by atoms with Gasteiger partial charge in [-0.1, -0.05) is 127 Å². The van der Waals surface area contributed by atoms with Gasteiger partial charge in [-0.05, 0) is 125 Å². The van der Waals surface area contributed by atoms with Gasteiger partial charge in [0.15, 0.2) is 0 Å². The van der Waals surface area contributed by atoms with E-state index in [2.05, 4.69) is 179 Å². The van der Waals surface area contributed by atoms with E-state index in [-0.39, 0.29) is 0 Å². The molecule has 13 rings (SSSR count). The first-order valence-electron chi connectivity index (χ1n) is 20.6. The predicted molar refractivity (Wildman–Crippen MR) is 253 cm³/mol. The van der Waals surface area contributed by atoms with Crippen molar-refractivity contribution in [2.45, 2.75) is 0 Å². The SMILES string of the molecule is N#Cc1ccc2c3c1ccc1c(-c4ccc(-c5ccc6ccc7c(-c8cccc(-c9ccncc9)n8)ccc8ccc5c6c87)c5ccccc45)ccc(c13)n2-c1ccccc1. The normalized spacial score (nSPS) is 11.9. The number of para-hydroxylation sites is 1. The molecule has 0 atom stereocenters. The van der Waals surface area contributed by atoms with Gasteiger partial charge in [-0.3, -0.25) is 4.98 Å². The summed E-state index contributed by atoms with van der Waals surface area (Å²) in [6, 6.07) is 67.9. The third-order valence-electron chi connectivity index (χ3n) is 12.9. The fraction of sp³-hybridized carbons (Fsp3) is 0. The van der Waals surface area contributed by atoms with Gasteiger partial charge in [0.05, 0.1) is 34.1 Å². The third-order valence-corrected chi connectivity index (χ3v) is 12.9. The summed E-state index contributed by atoms with van der Waals surface area (Å²) in [6.07, 6.45) is 3.63. The van der Waals surface area contributed by atoms with Crippen LogP contribution in [0, 0.1) is 11.3 Å². The average Bonchev–Trinajstić information content (AvgIpc) is 3.68. The van der Waals surface area contributed by atoms with Crippen molar-refractivity contribution < 1.29 is 0 Å². The zero-order valence-corrected chi connectivity index (χ0v) is 32.8. The number of hydrogen-bond acceptors (Lipinski definition) is 3. The number of hydrogen-bond donors (Lipinski definition) is 0. The Labute approximate surface area is 350 Å². The van der Waals surface area contributed by atoms with Gasteiger partial charge in [-0.25, -0.2) is 4.98 Å². The fourth-order valence-corrected chi connectivity index (χ4v) is 10.2. The highest BCUT2D eigenvalue weighted by molar-refractivity contribution is 6.30. The molecule has 0 aliphatic rings. The summed E-state index contributed by atoms with van der Waals surface area (Å²) in [7, 11) is 0. The second kappa shape index (κ2) is 12.8. The van der Waals surface area contributed by atoms with Crippen molar-refractivity contribution in [3.8, 4) is 56.5 Å². The molecule has 0 spiro atoms. The Balaban J connectivity index is 1.01. The highest BCUT2D eigenvalue weighted by Gasteiger charge is 2.22. The number of nitriles is 1. The van der Waals surface area contributed by atoms with E-state index in [4.69, 9.17) is 4.98 Å². The molecule has 4 nitrogen and oxygen atoms in total. The Kier molecular flexibility index (Phi) is 7.05. The van der Waals surface area contributed by atoms with E-state index in [0.29, 0.717) is 5.56 Å². The summed E-state index contributed by atoms with van der Waals surface area (Å²) in [6.45, 7) is 0. The molecule has 0 bridgehead atoms. The number of rotatable bonds is 5. The highest BCUT2D eigenvalue weighted by Crippen LogP contribution is 2.47. The van der Waals surface area contributed by atoms with Crippen LogP contribution < -0.4 is 0 Å². The lowest BCUT2D eigenvalue weighted by molar-refractivity contribution is 1.18. The maximum absolute atomic E-state index is 10.2. The van der Waals surface area contributed by atoms with Crippen LogP contribution in [-0.4, -0.2) is 14.5 Å². The van der Waals surface area contributed by atoms with Crippen LogP contribution in [0.15, 0.2) is 194 Å². The van der Waals surface area contributed by atoms with Gasteiger partial charge >= 0.3 is 0 Å². The zero-order valence-electron chi connectivity index (χ0n) is 32.8. The summed E-state index contributed by atoms with van der Waals surface area (Å²) in [4.78, 5) is 9.36. The van der Waals surface area contributed by atoms with Gasteiger partial charge in [-0.15, -0.1) is 0 Å². The number of pyridine rings is 2. The first-order chi connectivity index (χ1) is 30.2. The van der Waals surface area contributed by atoms with Crippen molar-refractivity contribution in [3.05, 3.63) is 200 Å². The molecule has 0 unspecified atom stereocenters. The summed E-state index contributed by atoms with van der Waals surface area (Å²) in [5, 5.41) is 24.5. The van der Waals surface area contributed by atoms with Crippen LogP contribution in [0.1, 0.15) is 5.56 Å². The van der Waals surface area contributed by atoms with Crippen LogP contribution in [0.2, 0.25) is 0 Å². The minimum Gasteiger partial charge on any atom is -0.309 e. The lowest BCUT2D eigenvalue weighted by atomic mass is 9.85. The lowest BCUT2D eigenvalue weighted by Gasteiger charge is -2.18. The standard InChI is InChI=1S/C57H32N4/c58-33-37-17-27-52-56-39(37)22-25-48-45(26-28-53(57(48)56)61(52)38-7-2-1-3-8-38)43-24-23-42(40-9-4-5-10-41(40)43)44-18-13-35-16-21-49-46(19-14-36-15-20-47(44)54(35)55(36)49)51-12-6-11-50(60-51)34-29-31-59-32-30-34/h1-32H. The lowest BCUT2D eigenvalue weighted by Crippen LogP contribution is -1.93. The fourth-order valence-electron chi connectivity index (χ4n) is 10.2. The molecule has 3 heterocycles. The number of aromatic nitrogens is 3. The molecule has 280 valence electrons. The van der Waals surface area contributed by atoms with Crippen LogP contribution in [-0.2, 0) is 0 Å². The predicted octanol–water partition coefficient (Wildman–Crippen LogP) is 14.8. The van der Waals surface area contributed by atoms with E-state index < -0.39 is 0 Å². The number of fused-ring (bicyclic) bond motifs is 1. The Bertz CT molecular complexity index is 3930. The van der Waals surface area contributed by atoms with E-state index in [1.165, 1.54) is 76.1 Å². The molecule has 0 N–H and O–H groups in total. The molecule has 61 heavy (non-hydrogen) atoms. The number of benzene rings is 10. The molecule has 0 aliphatic carbocycles. The average molecular weight is 773 g/mol. The quantitative estimate of drug-likeness (QED) is 0.164. The van der Waals surface area contributed by atoms with Crippen LogP contribution in [0.5, 0.6) is 0 Å². The van der Waals surface area contributed by atoms with Crippen molar-refractivity contribution in [2.24, 2.45) is 0 Å². The Morgan fingerprint density at radius 2 is 0.885 bits per heavy atom. The smallest absolute Gasteiger partial charge is 0.0998 e. The molecular weight excluding hydrogens is 741 g/mol. The van der Waals surface area contributed by atoms with Crippen LogP contribution in [0.4, 0.5) is 0 Å². The van der Waals surface area contributed by atoms with Crippen molar-refractivity contribution in [1.29, 1.82) is 5.26 Å². The van der Waals surface area contributed by atoms with E-state index in [1.54, 1.807) is 0 Å². The summed E-state index contributed by atoms with van der Waals surface area (Å²) in [5.41, 5.74) is 12.9. The van der Waals surface area contributed by atoms with Crippen LogP contribution in [0.3, 0.4) is 0 Å². The van der Waals surface area contributed by atoms with Crippen molar-refractivity contribution >= 4 is 75.7 Å². The maximum atomic E-state index is 10.2. The molecule has 4 heteroatoms. The van der Waals surface area contributed by atoms with E-state index >= 15 is 0 Å². The molecular formula is C57H32N4. The van der Waals surface area contributed by atoms with Gasteiger partial charge in [0.2, 0.25) is 0 Å². The van der Waals surface area contributed by atoms with Crippen molar-refractivity contribution in [1.82, 2.24) is 14.5 Å². The van der Waals surface area contributed by atoms with E-state index in [1.807, 2.05) is 30.6 Å². The minimum atomic E-state index is 0.693. The molecule has 0 radical (unpaired) electrons. The van der Waals surface area contributed by atoms with Gasteiger partial charge in [-0.2, -0.15) is 5.26 Å². The second-order valence-corrected chi connectivity index (χ2v) is 16.0. The largest absolute Gasteiger partial charge is 0.309 e. The molecule has 0 saturated carbocycles. The molecule has 3 aromatic heterocycles. The van der Waals surface area contributed by atoms with E-state index in [9.17, 15) is 5.26 Å². The number of nitrogens with zero attached hydrogens (tertiary/aromatic N) is 4. The third kappa shape index (κ3) is 4.80. The first-order valence-corrected chi connectivity index (χ1v) is 20.6. The van der Waals surface area contributed by atoms with Crippen molar-refractivity contribution in [2.75, 3.05) is 0 Å². The maximum Gasteiger partial charge on any atom is 0.0998 e. The highest BCUT2D eigenvalue weighted by atomic mass is 15.0. The summed E-state index contributed by atoms with van der Waals surface area (Å²) < 4.78 is 2.34. The first kappa shape index (κ1) is 33.6. The van der Waals surface area contributed by atoms with Crippen LogP contribution in [0.25, 0.3) is 126 Å². The molecule has 13 aromatic rings. The van der Waals surface area contributed by atoms with Gasteiger partial charge < -0.3 is 4.57 Å². The molecule has 10 aromatic carbocycles. The Hall–Kier alpha value is -8.39. The summed E-state index contributed by atoms with van der Waals surface area (Å²) in [5.74, 6) is 0. The molecule has 0 fully saturated rings. The zero-order chi connectivity index (χ0) is 40.2. The van der Waals surface area contributed by atoms with Gasteiger partial charge in [0.1, 0.15) is 0 Å². The van der Waals surface area contributed by atoms with Gasteiger partial charge in [0, 0.05) is 45.4 Å². The Morgan fingerprint density at radius 1 is 0.377 bits per heavy atom. The van der Waals surface area contributed by atoms with Crippen LogP contribution >= 0.6 is 0 Å². The topological polar surface area (TPSA) is 54.5 Å². The molecule has 0 amide bonds. The monoisotopic (exact) mass is 772 g/mol. The molecule has 0 aliphatic heterocycles. The Morgan fingerprint density at radius 3 is 1.59 bits per heavy atom. The molecule has 0 saturated heterocycles. The second-order valence-electron chi connectivity index (χ2n) is 16.0. The minimum absolute atomic E-state index is 0.693. The van der Waals surface area contributed by atoms with Crippen molar-refractivity contribution in [3.63, 3.8) is 0 Å². The summed E-state index contributed by atoms with van der Waals surface area (Å²) >= 11 is 0. The van der Waals surface area contributed by atoms with Gasteiger partial charge in [0.25, 0.3) is 0 Å². The van der Waals surface area contributed by atoms with E-state index in [0.717, 1.165) is 50.0 Å².